The molecular weight excluding hydrogens is 190 g/mol. The Kier molecular flexibility index (Phi) is 2.85. The summed E-state index contributed by atoms with van der Waals surface area (Å²) >= 11 is 0. The van der Waals surface area contributed by atoms with Crippen molar-refractivity contribution in [2.75, 3.05) is 0 Å². The number of hydrogen-bond donors (Lipinski definition) is 1. The standard InChI is InChI=1S/C11H15N3O/c1-11(2,3)13-10(15)9-5-8(6-12)7-14(9)4/h5,7H,1-4H3,(H,13,15). The minimum absolute atomic E-state index is 0.161. The smallest absolute Gasteiger partial charge is 0.268 e. The molecule has 0 spiro atoms. The largest absolute Gasteiger partial charge is 0.346 e. The second-order valence-corrected chi connectivity index (χ2v) is 4.54. The van der Waals surface area contributed by atoms with Crippen LogP contribution < -0.4 is 5.32 Å². The van der Waals surface area contributed by atoms with Crippen molar-refractivity contribution in [1.82, 2.24) is 9.88 Å². The summed E-state index contributed by atoms with van der Waals surface area (Å²) in [5.74, 6) is -0.161. The lowest BCUT2D eigenvalue weighted by Gasteiger charge is -2.20. The molecule has 0 atom stereocenters. The molecule has 1 heterocycles. The van der Waals surface area contributed by atoms with Gasteiger partial charge in [-0.15, -0.1) is 0 Å². The van der Waals surface area contributed by atoms with Crippen molar-refractivity contribution in [3.05, 3.63) is 23.5 Å². The molecule has 80 valence electrons. The third kappa shape index (κ3) is 2.84. The van der Waals surface area contributed by atoms with Gasteiger partial charge in [0, 0.05) is 18.8 Å². The number of aryl methyl sites for hydroxylation is 1. The SMILES string of the molecule is Cn1cc(C#N)cc1C(=O)NC(C)(C)C. The molecule has 0 aromatic carbocycles. The monoisotopic (exact) mass is 205 g/mol. The van der Waals surface area contributed by atoms with Crippen LogP contribution in [0.4, 0.5) is 0 Å². The molecule has 0 aliphatic heterocycles. The molecule has 0 radical (unpaired) electrons. The molecule has 1 aromatic heterocycles. The van der Waals surface area contributed by atoms with Gasteiger partial charge in [0.2, 0.25) is 0 Å². The molecule has 4 heteroatoms. The third-order valence-electron chi connectivity index (χ3n) is 1.86. The molecule has 0 fully saturated rings. The fraction of sp³-hybridized carbons (Fsp3) is 0.455. The Morgan fingerprint density at radius 2 is 2.13 bits per heavy atom. The van der Waals surface area contributed by atoms with Gasteiger partial charge in [-0.25, -0.2) is 0 Å². The van der Waals surface area contributed by atoms with Gasteiger partial charge in [-0.1, -0.05) is 0 Å². The van der Waals surface area contributed by atoms with Crippen molar-refractivity contribution in [3.63, 3.8) is 0 Å². The van der Waals surface area contributed by atoms with Crippen LogP contribution in [0.5, 0.6) is 0 Å². The molecule has 1 N–H and O–H groups in total. The number of nitrogens with zero attached hydrogens (tertiary/aromatic N) is 2. The summed E-state index contributed by atoms with van der Waals surface area (Å²) in [6.07, 6.45) is 1.64. The zero-order valence-corrected chi connectivity index (χ0v) is 9.46. The van der Waals surface area contributed by atoms with Gasteiger partial charge in [-0.2, -0.15) is 5.26 Å². The van der Waals surface area contributed by atoms with Crippen LogP contribution in [-0.4, -0.2) is 16.0 Å². The maximum atomic E-state index is 11.8. The summed E-state index contributed by atoms with van der Waals surface area (Å²) in [6.45, 7) is 5.75. The number of amides is 1. The number of nitriles is 1. The van der Waals surface area contributed by atoms with Gasteiger partial charge in [0.05, 0.1) is 5.56 Å². The number of rotatable bonds is 1. The van der Waals surface area contributed by atoms with E-state index in [1.54, 1.807) is 23.9 Å². The highest BCUT2D eigenvalue weighted by molar-refractivity contribution is 5.93. The Hall–Kier alpha value is -1.76. The molecule has 0 bridgehead atoms. The summed E-state index contributed by atoms with van der Waals surface area (Å²) in [6, 6.07) is 3.59. The Bertz CT molecular complexity index is 418. The van der Waals surface area contributed by atoms with Crippen LogP contribution >= 0.6 is 0 Å². The van der Waals surface area contributed by atoms with E-state index in [0.29, 0.717) is 11.3 Å². The number of nitrogens with one attached hydrogen (secondary N) is 1. The van der Waals surface area contributed by atoms with Crippen LogP contribution in [0.3, 0.4) is 0 Å². The first-order valence-electron chi connectivity index (χ1n) is 4.72. The van der Waals surface area contributed by atoms with Gasteiger partial charge < -0.3 is 9.88 Å². The van der Waals surface area contributed by atoms with E-state index in [0.717, 1.165) is 0 Å². The predicted octanol–water partition coefficient (Wildman–Crippen LogP) is 1.43. The van der Waals surface area contributed by atoms with E-state index in [2.05, 4.69) is 5.32 Å². The minimum atomic E-state index is -0.270. The van der Waals surface area contributed by atoms with Gasteiger partial charge in [0.25, 0.3) is 5.91 Å². The van der Waals surface area contributed by atoms with Gasteiger partial charge in [-0.05, 0) is 26.8 Å². The molecule has 4 nitrogen and oxygen atoms in total. The second-order valence-electron chi connectivity index (χ2n) is 4.54. The fourth-order valence-corrected chi connectivity index (χ4v) is 1.26. The zero-order valence-electron chi connectivity index (χ0n) is 9.46. The van der Waals surface area contributed by atoms with Crippen LogP contribution in [0.15, 0.2) is 12.3 Å². The number of carbonyl (C=O) groups excluding carboxylic acids is 1. The first kappa shape index (κ1) is 11.3. The second kappa shape index (κ2) is 3.77. The van der Waals surface area contributed by atoms with E-state index in [1.165, 1.54) is 0 Å². The van der Waals surface area contributed by atoms with E-state index < -0.39 is 0 Å². The highest BCUT2D eigenvalue weighted by Gasteiger charge is 2.17. The first-order chi connectivity index (χ1) is 6.83. The quantitative estimate of drug-likeness (QED) is 0.753. The highest BCUT2D eigenvalue weighted by atomic mass is 16.2. The molecule has 0 unspecified atom stereocenters. The van der Waals surface area contributed by atoms with Crippen LogP contribution in [-0.2, 0) is 7.05 Å². The Morgan fingerprint density at radius 1 is 1.53 bits per heavy atom. The van der Waals surface area contributed by atoms with Crippen LogP contribution in [0.25, 0.3) is 0 Å². The van der Waals surface area contributed by atoms with Crippen LogP contribution in [0.1, 0.15) is 36.8 Å². The van der Waals surface area contributed by atoms with Crippen molar-refractivity contribution < 1.29 is 4.79 Å². The summed E-state index contributed by atoms with van der Waals surface area (Å²) in [5, 5.41) is 11.5. The van der Waals surface area contributed by atoms with E-state index >= 15 is 0 Å². The summed E-state index contributed by atoms with van der Waals surface area (Å²) in [5.41, 5.74) is 0.728. The fourth-order valence-electron chi connectivity index (χ4n) is 1.26. The summed E-state index contributed by atoms with van der Waals surface area (Å²) < 4.78 is 1.65. The zero-order chi connectivity index (χ0) is 11.6. The maximum Gasteiger partial charge on any atom is 0.268 e. The maximum absolute atomic E-state index is 11.8. The van der Waals surface area contributed by atoms with Crippen LogP contribution in [0, 0.1) is 11.3 Å². The molecule has 1 rings (SSSR count). The Morgan fingerprint density at radius 3 is 2.53 bits per heavy atom. The lowest BCUT2D eigenvalue weighted by molar-refractivity contribution is 0.0911. The van der Waals surface area contributed by atoms with Crippen molar-refractivity contribution in [2.24, 2.45) is 7.05 Å². The third-order valence-corrected chi connectivity index (χ3v) is 1.86. The van der Waals surface area contributed by atoms with Gasteiger partial charge in [0.1, 0.15) is 11.8 Å². The number of aromatic nitrogens is 1. The van der Waals surface area contributed by atoms with E-state index in [1.807, 2.05) is 26.8 Å². The molecular formula is C11H15N3O. The average Bonchev–Trinajstić information content (AvgIpc) is 2.43. The average molecular weight is 205 g/mol. The van der Waals surface area contributed by atoms with Crippen molar-refractivity contribution >= 4 is 5.91 Å². The molecule has 0 aliphatic carbocycles. The molecule has 0 aliphatic rings. The van der Waals surface area contributed by atoms with E-state index in [4.69, 9.17) is 5.26 Å². The topological polar surface area (TPSA) is 57.8 Å². The molecule has 0 saturated heterocycles. The normalized spacial score (nSPS) is 10.9. The Labute approximate surface area is 89.5 Å². The van der Waals surface area contributed by atoms with Gasteiger partial charge >= 0.3 is 0 Å². The lowest BCUT2D eigenvalue weighted by atomic mass is 10.1. The molecule has 1 aromatic rings. The summed E-state index contributed by atoms with van der Waals surface area (Å²) in [7, 11) is 1.75. The van der Waals surface area contributed by atoms with E-state index in [9.17, 15) is 4.79 Å². The minimum Gasteiger partial charge on any atom is -0.346 e. The molecule has 0 saturated carbocycles. The van der Waals surface area contributed by atoms with Gasteiger partial charge in [-0.3, -0.25) is 4.79 Å². The Balaban J connectivity index is 2.93. The van der Waals surface area contributed by atoms with E-state index in [-0.39, 0.29) is 11.4 Å². The van der Waals surface area contributed by atoms with Crippen molar-refractivity contribution in [1.29, 1.82) is 5.26 Å². The van der Waals surface area contributed by atoms with Crippen molar-refractivity contribution in [2.45, 2.75) is 26.3 Å². The first-order valence-corrected chi connectivity index (χ1v) is 4.72. The number of hydrogen-bond acceptors (Lipinski definition) is 2. The highest BCUT2D eigenvalue weighted by Crippen LogP contribution is 2.08. The number of carbonyl (C=O) groups is 1. The summed E-state index contributed by atoms with van der Waals surface area (Å²) in [4.78, 5) is 11.8. The lowest BCUT2D eigenvalue weighted by Crippen LogP contribution is -2.41. The molecule has 15 heavy (non-hydrogen) atoms. The predicted molar refractivity (Wildman–Crippen MR) is 57.3 cm³/mol. The van der Waals surface area contributed by atoms with Gasteiger partial charge in [0.15, 0.2) is 0 Å². The molecule has 1 amide bonds. The van der Waals surface area contributed by atoms with Crippen LogP contribution in [0.2, 0.25) is 0 Å². The van der Waals surface area contributed by atoms with Crippen molar-refractivity contribution in [3.8, 4) is 6.07 Å².